The number of phenols is 1. The van der Waals surface area contributed by atoms with E-state index in [1.807, 2.05) is 0 Å². The molecule has 0 heterocycles. The maximum atomic E-state index is 10.8. The summed E-state index contributed by atoms with van der Waals surface area (Å²) in [6, 6.07) is 4.16. The van der Waals surface area contributed by atoms with Crippen LogP contribution >= 0.6 is 0 Å². The summed E-state index contributed by atoms with van der Waals surface area (Å²) in [5, 5.41) is 9.43. The third-order valence-corrected chi connectivity index (χ3v) is 1.52. The molecule has 0 unspecified atom stereocenters. The molecule has 0 spiro atoms. The quantitative estimate of drug-likeness (QED) is 0.528. The van der Waals surface area contributed by atoms with E-state index in [4.69, 9.17) is 5.73 Å². The lowest BCUT2D eigenvalue weighted by Crippen LogP contribution is -2.12. The highest BCUT2D eigenvalue weighted by Gasteiger charge is 2.13. The van der Waals surface area contributed by atoms with Gasteiger partial charge >= 0.3 is 5.97 Å². The monoisotopic (exact) mass is 195 g/mol. The predicted octanol–water partition coefficient (Wildman–Crippen LogP) is 0.416. The van der Waals surface area contributed by atoms with Crippen molar-refractivity contribution < 1.29 is 19.4 Å². The highest BCUT2D eigenvalue weighted by molar-refractivity contribution is 5.96. The molecule has 0 atom stereocenters. The summed E-state index contributed by atoms with van der Waals surface area (Å²) >= 11 is 0. The Balaban J connectivity index is 3.13. The molecule has 0 saturated heterocycles. The maximum Gasteiger partial charge on any atom is 0.308 e. The van der Waals surface area contributed by atoms with Crippen molar-refractivity contribution in [3.63, 3.8) is 0 Å². The number of carbonyl (C=O) groups is 2. The van der Waals surface area contributed by atoms with E-state index in [1.54, 1.807) is 0 Å². The molecule has 0 radical (unpaired) electrons. The standard InChI is InChI=1S/C9H9NO4/c1-5(11)14-7-4-2-3-6(8(7)12)9(10)13/h2-4,12H,1H3,(H2,10,13). The fourth-order valence-corrected chi connectivity index (χ4v) is 0.958. The molecule has 74 valence electrons. The maximum absolute atomic E-state index is 10.8. The fourth-order valence-electron chi connectivity index (χ4n) is 0.958. The van der Waals surface area contributed by atoms with E-state index in [1.165, 1.54) is 25.1 Å². The molecule has 3 N–H and O–H groups in total. The van der Waals surface area contributed by atoms with Crippen LogP contribution in [0.15, 0.2) is 18.2 Å². The van der Waals surface area contributed by atoms with Crippen molar-refractivity contribution in [1.29, 1.82) is 0 Å². The Labute approximate surface area is 80.1 Å². The van der Waals surface area contributed by atoms with Crippen LogP contribution in [0.2, 0.25) is 0 Å². The van der Waals surface area contributed by atoms with Crippen molar-refractivity contribution in [1.82, 2.24) is 0 Å². The van der Waals surface area contributed by atoms with Crippen LogP contribution in [-0.4, -0.2) is 17.0 Å². The molecule has 14 heavy (non-hydrogen) atoms. The number of esters is 1. The Morgan fingerprint density at radius 1 is 1.43 bits per heavy atom. The molecule has 0 aliphatic carbocycles. The number of carbonyl (C=O) groups excluding carboxylic acids is 2. The number of aromatic hydroxyl groups is 1. The smallest absolute Gasteiger partial charge is 0.308 e. The van der Waals surface area contributed by atoms with Crippen molar-refractivity contribution in [2.45, 2.75) is 6.92 Å². The van der Waals surface area contributed by atoms with Gasteiger partial charge in [0.2, 0.25) is 0 Å². The molecule has 0 saturated carbocycles. The first kappa shape index (κ1) is 10.0. The molecule has 1 amide bonds. The Bertz CT molecular complexity index is 386. The van der Waals surface area contributed by atoms with Gasteiger partial charge in [-0.05, 0) is 12.1 Å². The zero-order valence-electron chi connectivity index (χ0n) is 7.48. The lowest BCUT2D eigenvalue weighted by atomic mass is 10.2. The molecule has 0 bridgehead atoms. The van der Waals surface area contributed by atoms with E-state index >= 15 is 0 Å². The van der Waals surface area contributed by atoms with E-state index in [-0.39, 0.29) is 11.3 Å². The number of hydrogen-bond donors (Lipinski definition) is 2. The summed E-state index contributed by atoms with van der Waals surface area (Å²) < 4.78 is 4.64. The molecule has 5 heteroatoms. The topological polar surface area (TPSA) is 89.6 Å². The third kappa shape index (κ3) is 2.01. The average molecular weight is 195 g/mol. The number of para-hydroxylation sites is 1. The van der Waals surface area contributed by atoms with Crippen LogP contribution in [-0.2, 0) is 4.79 Å². The largest absolute Gasteiger partial charge is 0.504 e. The molecule has 1 aromatic rings. The normalized spacial score (nSPS) is 9.50. The Morgan fingerprint density at radius 3 is 2.57 bits per heavy atom. The van der Waals surface area contributed by atoms with Crippen molar-refractivity contribution in [2.75, 3.05) is 0 Å². The van der Waals surface area contributed by atoms with Gasteiger partial charge in [0.25, 0.3) is 5.91 Å². The van der Waals surface area contributed by atoms with E-state index in [9.17, 15) is 14.7 Å². The number of rotatable bonds is 2. The van der Waals surface area contributed by atoms with Crippen LogP contribution in [0.25, 0.3) is 0 Å². The van der Waals surface area contributed by atoms with Gasteiger partial charge in [-0.25, -0.2) is 0 Å². The number of hydrogen-bond acceptors (Lipinski definition) is 4. The van der Waals surface area contributed by atoms with Crippen LogP contribution < -0.4 is 10.5 Å². The van der Waals surface area contributed by atoms with Gasteiger partial charge in [-0.2, -0.15) is 0 Å². The van der Waals surface area contributed by atoms with Crippen LogP contribution in [0.5, 0.6) is 11.5 Å². The highest BCUT2D eigenvalue weighted by Crippen LogP contribution is 2.29. The summed E-state index contributed by atoms with van der Waals surface area (Å²) in [5.41, 5.74) is 4.90. The summed E-state index contributed by atoms with van der Waals surface area (Å²) in [6.45, 7) is 1.19. The number of ether oxygens (including phenoxy) is 1. The zero-order chi connectivity index (χ0) is 10.7. The number of benzene rings is 1. The van der Waals surface area contributed by atoms with Crippen molar-refractivity contribution >= 4 is 11.9 Å². The average Bonchev–Trinajstić information content (AvgIpc) is 2.07. The van der Waals surface area contributed by atoms with E-state index < -0.39 is 17.6 Å². The Morgan fingerprint density at radius 2 is 2.07 bits per heavy atom. The number of primary amides is 1. The summed E-state index contributed by atoms with van der Waals surface area (Å²) in [6.07, 6.45) is 0. The summed E-state index contributed by atoms with van der Waals surface area (Å²) in [4.78, 5) is 21.4. The second-order valence-electron chi connectivity index (χ2n) is 2.61. The van der Waals surface area contributed by atoms with Crippen molar-refractivity contribution in [2.24, 2.45) is 5.73 Å². The van der Waals surface area contributed by atoms with Gasteiger partial charge in [0, 0.05) is 6.92 Å². The minimum atomic E-state index is -0.781. The minimum absolute atomic E-state index is 0.0752. The third-order valence-electron chi connectivity index (χ3n) is 1.52. The molecule has 0 aliphatic rings. The first-order valence-corrected chi connectivity index (χ1v) is 3.82. The van der Waals surface area contributed by atoms with E-state index in [0.717, 1.165) is 0 Å². The van der Waals surface area contributed by atoms with E-state index in [0.29, 0.717) is 0 Å². The SMILES string of the molecule is CC(=O)Oc1cccc(C(N)=O)c1O. The molecule has 0 fully saturated rings. The van der Waals surface area contributed by atoms with Gasteiger partial charge in [0.1, 0.15) is 0 Å². The predicted molar refractivity (Wildman–Crippen MR) is 47.9 cm³/mol. The molecular formula is C9H9NO4. The number of amides is 1. The molecular weight excluding hydrogens is 186 g/mol. The lowest BCUT2D eigenvalue weighted by Gasteiger charge is -2.05. The van der Waals surface area contributed by atoms with Crippen molar-refractivity contribution in [3.05, 3.63) is 23.8 Å². The lowest BCUT2D eigenvalue weighted by molar-refractivity contribution is -0.132. The van der Waals surface area contributed by atoms with Crippen LogP contribution in [0.3, 0.4) is 0 Å². The Kier molecular flexibility index (Phi) is 2.71. The second kappa shape index (κ2) is 3.78. The van der Waals surface area contributed by atoms with Gasteiger partial charge in [0.05, 0.1) is 5.56 Å². The number of nitrogens with two attached hydrogens (primary N) is 1. The van der Waals surface area contributed by atoms with Gasteiger partial charge in [-0.15, -0.1) is 0 Å². The summed E-state index contributed by atoms with van der Waals surface area (Å²) in [5.74, 6) is -1.86. The molecule has 0 aliphatic heterocycles. The molecule has 0 aromatic heterocycles. The van der Waals surface area contributed by atoms with Crippen LogP contribution in [0.1, 0.15) is 17.3 Å². The fraction of sp³-hybridized carbons (Fsp3) is 0.111. The van der Waals surface area contributed by atoms with Gasteiger partial charge in [-0.3, -0.25) is 9.59 Å². The van der Waals surface area contributed by atoms with E-state index in [2.05, 4.69) is 4.74 Å². The van der Waals surface area contributed by atoms with Gasteiger partial charge in [0.15, 0.2) is 11.5 Å². The zero-order valence-corrected chi connectivity index (χ0v) is 7.48. The molecule has 1 aromatic carbocycles. The van der Waals surface area contributed by atoms with Gasteiger partial charge < -0.3 is 15.6 Å². The Hall–Kier alpha value is -2.04. The molecule has 5 nitrogen and oxygen atoms in total. The highest BCUT2D eigenvalue weighted by atomic mass is 16.5. The second-order valence-corrected chi connectivity index (χ2v) is 2.61. The van der Waals surface area contributed by atoms with Crippen molar-refractivity contribution in [3.8, 4) is 11.5 Å². The van der Waals surface area contributed by atoms with Gasteiger partial charge in [-0.1, -0.05) is 6.07 Å². The van der Waals surface area contributed by atoms with Crippen LogP contribution in [0, 0.1) is 0 Å². The minimum Gasteiger partial charge on any atom is -0.504 e. The molecule has 1 rings (SSSR count). The summed E-state index contributed by atoms with van der Waals surface area (Å²) in [7, 11) is 0. The first-order valence-electron chi connectivity index (χ1n) is 3.82. The van der Waals surface area contributed by atoms with Crippen LogP contribution in [0.4, 0.5) is 0 Å². The first-order chi connectivity index (χ1) is 6.52.